The SMILES string of the molecule is CC1CCC(C(C)C)C(C(C)(CCc2cc(C(F)(F)F)ccc2CNC(=O)Nc2cccc3c2cnn3C)C2CC(C)CCC2C(C)C)C1. The number of nitrogens with one attached hydrogen (secondary N) is 2. The van der Waals surface area contributed by atoms with Gasteiger partial charge in [0.1, 0.15) is 0 Å². The van der Waals surface area contributed by atoms with Crippen LogP contribution >= 0.6 is 0 Å². The predicted molar refractivity (Wildman–Crippen MR) is 194 cm³/mol. The monoisotopic (exact) mass is 680 g/mol. The van der Waals surface area contributed by atoms with Crippen LogP contribution in [-0.4, -0.2) is 15.8 Å². The van der Waals surface area contributed by atoms with Gasteiger partial charge in [-0.15, -0.1) is 0 Å². The van der Waals surface area contributed by atoms with Crippen LogP contribution in [0.3, 0.4) is 0 Å². The number of hydrogen-bond acceptors (Lipinski definition) is 2. The number of benzene rings is 2. The summed E-state index contributed by atoms with van der Waals surface area (Å²) in [5.41, 5.74) is 2.31. The smallest absolute Gasteiger partial charge is 0.334 e. The van der Waals surface area contributed by atoms with Crippen LogP contribution in [0.4, 0.5) is 23.7 Å². The number of alkyl halides is 3. The first-order chi connectivity index (χ1) is 23.1. The van der Waals surface area contributed by atoms with E-state index in [4.69, 9.17) is 0 Å². The molecule has 5 rings (SSSR count). The van der Waals surface area contributed by atoms with Gasteiger partial charge in [0.25, 0.3) is 0 Å². The molecular weight excluding hydrogens is 621 g/mol. The molecule has 2 aliphatic rings. The highest BCUT2D eigenvalue weighted by Gasteiger charge is 2.50. The molecule has 2 aromatic carbocycles. The molecule has 0 aliphatic heterocycles. The summed E-state index contributed by atoms with van der Waals surface area (Å²) in [4.78, 5) is 13.1. The molecule has 5 nitrogen and oxygen atoms in total. The van der Waals surface area contributed by atoms with Crippen LogP contribution in [-0.2, 0) is 26.2 Å². The van der Waals surface area contributed by atoms with Crippen LogP contribution in [0.1, 0.15) is 110 Å². The number of carbonyl (C=O) groups excluding carboxylic acids is 1. The maximum Gasteiger partial charge on any atom is 0.416 e. The third-order valence-corrected chi connectivity index (χ3v) is 12.7. The van der Waals surface area contributed by atoms with Gasteiger partial charge < -0.3 is 10.6 Å². The first-order valence-corrected chi connectivity index (χ1v) is 18.7. The molecule has 49 heavy (non-hydrogen) atoms. The van der Waals surface area contributed by atoms with Crippen LogP contribution in [0.15, 0.2) is 42.6 Å². The molecule has 2 amide bonds. The summed E-state index contributed by atoms with van der Waals surface area (Å²) >= 11 is 0. The van der Waals surface area contributed by atoms with Crippen LogP contribution in [0.2, 0.25) is 0 Å². The normalized spacial score (nSPS) is 26.2. The van der Waals surface area contributed by atoms with Gasteiger partial charge in [-0.1, -0.05) is 73.4 Å². The Morgan fingerprint density at radius 2 is 1.53 bits per heavy atom. The average Bonchev–Trinajstić information content (AvgIpc) is 3.43. The summed E-state index contributed by atoms with van der Waals surface area (Å²) in [5.74, 6) is 4.73. The van der Waals surface area contributed by atoms with Crippen molar-refractivity contribution in [2.24, 2.45) is 59.8 Å². The minimum atomic E-state index is -4.44. The number of urea groups is 1. The third kappa shape index (κ3) is 8.31. The molecule has 2 fully saturated rings. The Balaban J connectivity index is 1.45. The van der Waals surface area contributed by atoms with Crippen molar-refractivity contribution in [3.8, 4) is 0 Å². The molecule has 6 atom stereocenters. The molecule has 0 radical (unpaired) electrons. The number of halogens is 3. The molecule has 1 aromatic heterocycles. The fourth-order valence-electron chi connectivity index (χ4n) is 9.81. The number of amides is 2. The van der Waals surface area contributed by atoms with Crippen LogP contribution < -0.4 is 10.6 Å². The number of carbonyl (C=O) groups is 1. The maximum absolute atomic E-state index is 14.1. The van der Waals surface area contributed by atoms with Crippen molar-refractivity contribution < 1.29 is 18.0 Å². The summed E-state index contributed by atoms with van der Waals surface area (Å²) in [5, 5.41) is 11.0. The number of hydrogen-bond donors (Lipinski definition) is 2. The lowest BCUT2D eigenvalue weighted by Crippen LogP contribution is -2.48. The highest BCUT2D eigenvalue weighted by Crippen LogP contribution is 2.58. The lowest BCUT2D eigenvalue weighted by molar-refractivity contribution is -0.137. The molecule has 2 aliphatic carbocycles. The fourth-order valence-corrected chi connectivity index (χ4v) is 9.81. The first kappa shape index (κ1) is 37.2. The minimum Gasteiger partial charge on any atom is -0.334 e. The summed E-state index contributed by atoms with van der Waals surface area (Å²) in [7, 11) is 1.85. The van der Waals surface area contributed by atoms with E-state index in [-0.39, 0.29) is 12.0 Å². The van der Waals surface area contributed by atoms with Gasteiger partial charge >= 0.3 is 12.2 Å². The van der Waals surface area contributed by atoms with E-state index >= 15 is 0 Å². The van der Waals surface area contributed by atoms with Crippen molar-refractivity contribution in [3.05, 3.63) is 59.3 Å². The number of aryl methyl sites for hydroxylation is 2. The van der Waals surface area contributed by atoms with E-state index in [0.29, 0.717) is 65.0 Å². The highest BCUT2D eigenvalue weighted by atomic mass is 19.4. The lowest BCUT2D eigenvalue weighted by Gasteiger charge is -2.56. The topological polar surface area (TPSA) is 59.0 Å². The zero-order valence-corrected chi connectivity index (χ0v) is 31.0. The van der Waals surface area contributed by atoms with Gasteiger partial charge in [-0.3, -0.25) is 4.68 Å². The van der Waals surface area contributed by atoms with Crippen molar-refractivity contribution in [3.63, 3.8) is 0 Å². The second-order valence-corrected chi connectivity index (χ2v) is 16.7. The summed E-state index contributed by atoms with van der Waals surface area (Å²) < 4.78 is 44.1. The van der Waals surface area contributed by atoms with Crippen LogP contribution in [0.5, 0.6) is 0 Å². The Labute approximate surface area is 292 Å². The zero-order chi connectivity index (χ0) is 35.7. The van der Waals surface area contributed by atoms with Gasteiger partial charge in [0.2, 0.25) is 0 Å². The lowest BCUT2D eigenvalue weighted by atomic mass is 9.49. The minimum absolute atomic E-state index is 0.00799. The van der Waals surface area contributed by atoms with Crippen LogP contribution in [0, 0.1) is 52.8 Å². The molecule has 3 aromatic rings. The van der Waals surface area contributed by atoms with Gasteiger partial charge in [0.15, 0.2) is 0 Å². The first-order valence-electron chi connectivity index (χ1n) is 18.7. The fraction of sp³-hybridized carbons (Fsp3) is 0.659. The number of fused-ring (bicyclic) bond motifs is 1. The quantitative estimate of drug-likeness (QED) is 0.224. The number of aromatic nitrogens is 2. The van der Waals surface area contributed by atoms with E-state index < -0.39 is 17.8 Å². The third-order valence-electron chi connectivity index (χ3n) is 12.7. The number of nitrogens with zero attached hydrogens (tertiary/aromatic N) is 2. The molecule has 2 saturated carbocycles. The van der Waals surface area contributed by atoms with Gasteiger partial charge in [0, 0.05) is 19.0 Å². The molecule has 0 saturated heterocycles. The second-order valence-electron chi connectivity index (χ2n) is 16.7. The Bertz CT molecular complexity index is 1540. The molecule has 6 unspecified atom stereocenters. The number of rotatable bonds is 10. The van der Waals surface area contributed by atoms with E-state index in [1.807, 2.05) is 25.2 Å². The van der Waals surface area contributed by atoms with Crippen molar-refractivity contribution >= 4 is 22.6 Å². The van der Waals surface area contributed by atoms with Crippen molar-refractivity contribution in [2.45, 2.75) is 113 Å². The Kier molecular flexibility index (Phi) is 11.4. The Morgan fingerprint density at radius 1 is 0.918 bits per heavy atom. The Hall–Kier alpha value is -3.03. The molecule has 0 spiro atoms. The summed E-state index contributed by atoms with van der Waals surface area (Å²) in [6, 6.07) is 9.28. The number of anilines is 1. The van der Waals surface area contributed by atoms with E-state index in [1.54, 1.807) is 16.9 Å². The standard InChI is InChI=1S/C41H59F3N4O/c1-25(2)32-16-12-27(5)20-35(32)40(7,36-21-28(6)13-17-33(36)26(3)4)19-18-29-22-31(41(42,43)44)15-14-30(29)23-45-39(49)47-37-10-9-11-38-34(37)24-46-48(38)8/h9-11,14-15,22,24-28,32-33,35-36H,12-13,16-21,23H2,1-8H3,(H2,45,47,49). The zero-order valence-electron chi connectivity index (χ0n) is 31.0. The molecule has 8 heteroatoms. The summed E-state index contributed by atoms with van der Waals surface area (Å²) in [6.07, 6.45) is 6.03. The Morgan fingerprint density at radius 3 is 2.10 bits per heavy atom. The van der Waals surface area contributed by atoms with Gasteiger partial charge in [-0.25, -0.2) is 4.79 Å². The highest BCUT2D eigenvalue weighted by molar-refractivity contribution is 6.00. The van der Waals surface area contributed by atoms with Gasteiger partial charge in [-0.05, 0) is 127 Å². The second kappa shape index (κ2) is 15.1. The van der Waals surface area contributed by atoms with Gasteiger partial charge in [0.05, 0.1) is 23.0 Å². The van der Waals surface area contributed by atoms with Crippen molar-refractivity contribution in [1.29, 1.82) is 0 Å². The van der Waals surface area contributed by atoms with Crippen LogP contribution in [0.25, 0.3) is 10.9 Å². The van der Waals surface area contributed by atoms with E-state index in [9.17, 15) is 18.0 Å². The maximum atomic E-state index is 14.1. The molecule has 2 N–H and O–H groups in total. The largest absolute Gasteiger partial charge is 0.416 e. The predicted octanol–water partition coefficient (Wildman–Crippen LogP) is 11.3. The molecule has 0 bridgehead atoms. The molecule has 1 heterocycles. The van der Waals surface area contributed by atoms with Crippen molar-refractivity contribution in [1.82, 2.24) is 15.1 Å². The molecular formula is C41H59F3N4O. The average molecular weight is 681 g/mol. The summed E-state index contributed by atoms with van der Waals surface area (Å²) in [6.45, 7) is 16.9. The van der Waals surface area contributed by atoms with E-state index in [1.165, 1.54) is 44.6 Å². The molecule has 270 valence electrons. The van der Waals surface area contributed by atoms with E-state index in [0.717, 1.165) is 29.0 Å². The van der Waals surface area contributed by atoms with E-state index in [2.05, 4.69) is 64.2 Å². The van der Waals surface area contributed by atoms with Crippen molar-refractivity contribution in [2.75, 3.05) is 5.32 Å². The van der Waals surface area contributed by atoms with Gasteiger partial charge in [-0.2, -0.15) is 18.3 Å².